The molecule has 2 aliphatic heterocycles. The average molecular weight is 238 g/mol. The Hall–Kier alpha value is -1.63. The summed E-state index contributed by atoms with van der Waals surface area (Å²) in [6, 6.07) is 0. The lowest BCUT2D eigenvalue weighted by atomic mass is 10.1. The molecule has 0 radical (unpaired) electrons. The first kappa shape index (κ1) is 11.8. The average Bonchev–Trinajstić information content (AvgIpc) is 2.36. The van der Waals surface area contributed by atoms with E-state index in [2.05, 4.69) is 32.1 Å². The van der Waals surface area contributed by atoms with Gasteiger partial charge in [0.15, 0.2) is 0 Å². The highest BCUT2D eigenvalue weighted by molar-refractivity contribution is 5.98. The standard InChI is InChI=1S/C10H18N6O/c1-7-8(11)13-10(14-9(7)15-12-2)16-3-5-17-6-4-16/h7,9,15H,2-6H2,1H3,(H2,11,13,14). The molecule has 0 aromatic heterocycles. The molecule has 2 heterocycles. The van der Waals surface area contributed by atoms with Crippen molar-refractivity contribution in [3.8, 4) is 0 Å². The Balaban J connectivity index is 2.14. The van der Waals surface area contributed by atoms with Crippen molar-refractivity contribution >= 4 is 18.5 Å². The number of nitrogens with zero attached hydrogens (tertiary/aromatic N) is 4. The summed E-state index contributed by atoms with van der Waals surface area (Å²) in [7, 11) is 0. The molecule has 0 saturated carbocycles. The molecule has 17 heavy (non-hydrogen) atoms. The molecule has 3 N–H and O–H groups in total. The van der Waals surface area contributed by atoms with E-state index >= 15 is 0 Å². The van der Waals surface area contributed by atoms with E-state index in [-0.39, 0.29) is 12.1 Å². The van der Waals surface area contributed by atoms with Crippen LogP contribution in [0.4, 0.5) is 0 Å². The van der Waals surface area contributed by atoms with Gasteiger partial charge in [-0.3, -0.25) is 5.43 Å². The quantitative estimate of drug-likeness (QED) is 0.487. The van der Waals surface area contributed by atoms with E-state index < -0.39 is 0 Å². The van der Waals surface area contributed by atoms with E-state index in [1.54, 1.807) is 0 Å². The molecule has 2 atom stereocenters. The Morgan fingerprint density at radius 2 is 2.24 bits per heavy atom. The number of hydrogen-bond donors (Lipinski definition) is 2. The minimum Gasteiger partial charge on any atom is -0.387 e. The van der Waals surface area contributed by atoms with Gasteiger partial charge in [0.1, 0.15) is 12.0 Å². The fourth-order valence-corrected chi connectivity index (χ4v) is 1.79. The number of amidine groups is 1. The summed E-state index contributed by atoms with van der Waals surface area (Å²) in [5, 5.41) is 3.66. The predicted molar refractivity (Wildman–Crippen MR) is 67.1 cm³/mol. The molecule has 7 nitrogen and oxygen atoms in total. The summed E-state index contributed by atoms with van der Waals surface area (Å²) in [5.74, 6) is 1.25. The zero-order chi connectivity index (χ0) is 12.3. The highest BCUT2D eigenvalue weighted by Crippen LogP contribution is 2.13. The Morgan fingerprint density at radius 3 is 2.88 bits per heavy atom. The van der Waals surface area contributed by atoms with Gasteiger partial charge in [0.25, 0.3) is 0 Å². The molecule has 2 unspecified atom stereocenters. The van der Waals surface area contributed by atoms with Crippen molar-refractivity contribution in [1.29, 1.82) is 0 Å². The smallest absolute Gasteiger partial charge is 0.224 e. The minimum atomic E-state index is -0.192. The SMILES string of the molecule is C=NNC1N=C(N2CCOCC2)N=C(N)C1C. The van der Waals surface area contributed by atoms with Gasteiger partial charge in [-0.05, 0) is 0 Å². The summed E-state index contributed by atoms with van der Waals surface area (Å²) >= 11 is 0. The van der Waals surface area contributed by atoms with Gasteiger partial charge in [-0.2, -0.15) is 5.10 Å². The van der Waals surface area contributed by atoms with Crippen LogP contribution < -0.4 is 11.2 Å². The fourth-order valence-electron chi connectivity index (χ4n) is 1.79. The number of morpholine rings is 1. The van der Waals surface area contributed by atoms with E-state index in [1.165, 1.54) is 0 Å². The largest absolute Gasteiger partial charge is 0.387 e. The molecule has 0 bridgehead atoms. The maximum Gasteiger partial charge on any atom is 0.224 e. The molecule has 2 rings (SSSR count). The zero-order valence-electron chi connectivity index (χ0n) is 9.96. The van der Waals surface area contributed by atoms with E-state index in [9.17, 15) is 0 Å². The third kappa shape index (κ3) is 2.55. The van der Waals surface area contributed by atoms with Crippen molar-refractivity contribution in [2.75, 3.05) is 26.3 Å². The van der Waals surface area contributed by atoms with Gasteiger partial charge >= 0.3 is 0 Å². The second-order valence-corrected chi connectivity index (χ2v) is 4.09. The number of aliphatic imine (C=N–C) groups is 2. The summed E-state index contributed by atoms with van der Waals surface area (Å²) < 4.78 is 5.29. The van der Waals surface area contributed by atoms with Crippen LogP contribution in [0.15, 0.2) is 15.1 Å². The van der Waals surface area contributed by atoms with Crippen LogP contribution in [0.1, 0.15) is 6.92 Å². The third-order valence-corrected chi connectivity index (χ3v) is 2.94. The minimum absolute atomic E-state index is 0.0188. The maximum atomic E-state index is 5.91. The first-order chi connectivity index (χ1) is 8.22. The number of guanidine groups is 1. The topological polar surface area (TPSA) is 87.6 Å². The molecule has 7 heteroatoms. The van der Waals surface area contributed by atoms with Gasteiger partial charge in [0.05, 0.1) is 19.1 Å². The second-order valence-electron chi connectivity index (χ2n) is 4.09. The van der Waals surface area contributed by atoms with E-state index in [4.69, 9.17) is 10.5 Å². The number of hydrogen-bond acceptors (Lipinski definition) is 7. The van der Waals surface area contributed by atoms with Gasteiger partial charge in [0.2, 0.25) is 5.96 Å². The van der Waals surface area contributed by atoms with Crippen LogP contribution in [0.25, 0.3) is 0 Å². The van der Waals surface area contributed by atoms with Crippen LogP contribution in [0.2, 0.25) is 0 Å². The van der Waals surface area contributed by atoms with Crippen LogP contribution in [0, 0.1) is 5.92 Å². The number of hydrazone groups is 1. The lowest BCUT2D eigenvalue weighted by molar-refractivity contribution is 0.0671. The fraction of sp³-hybridized carbons (Fsp3) is 0.700. The molecule has 0 spiro atoms. The van der Waals surface area contributed by atoms with Crippen LogP contribution in [-0.4, -0.2) is 55.9 Å². The van der Waals surface area contributed by atoms with E-state index in [1.807, 2.05) is 6.92 Å². The van der Waals surface area contributed by atoms with E-state index in [0.29, 0.717) is 25.0 Å². The molecule has 94 valence electrons. The van der Waals surface area contributed by atoms with Crippen molar-refractivity contribution in [2.24, 2.45) is 26.7 Å². The van der Waals surface area contributed by atoms with Gasteiger partial charge in [0, 0.05) is 19.8 Å². The maximum absolute atomic E-state index is 5.91. The highest BCUT2D eigenvalue weighted by Gasteiger charge is 2.27. The second kappa shape index (κ2) is 5.13. The molecule has 1 fully saturated rings. The highest BCUT2D eigenvalue weighted by atomic mass is 16.5. The lowest BCUT2D eigenvalue weighted by Crippen LogP contribution is -2.47. The Labute approximate surface area is 100 Å². The number of ether oxygens (including phenoxy) is 1. The van der Waals surface area contributed by atoms with Crippen molar-refractivity contribution in [1.82, 2.24) is 10.3 Å². The normalized spacial score (nSPS) is 29.4. The van der Waals surface area contributed by atoms with E-state index in [0.717, 1.165) is 13.1 Å². The number of nitrogens with two attached hydrogens (primary N) is 1. The van der Waals surface area contributed by atoms with Crippen molar-refractivity contribution < 1.29 is 4.74 Å². The van der Waals surface area contributed by atoms with Crippen LogP contribution in [0.5, 0.6) is 0 Å². The van der Waals surface area contributed by atoms with Gasteiger partial charge in [-0.25, -0.2) is 9.98 Å². The van der Waals surface area contributed by atoms with Crippen LogP contribution >= 0.6 is 0 Å². The van der Waals surface area contributed by atoms with Crippen LogP contribution in [-0.2, 0) is 4.74 Å². The van der Waals surface area contributed by atoms with Crippen molar-refractivity contribution in [2.45, 2.75) is 13.1 Å². The molecule has 0 amide bonds. The summed E-state index contributed by atoms with van der Waals surface area (Å²) in [5.41, 5.74) is 8.75. The lowest BCUT2D eigenvalue weighted by Gasteiger charge is -2.32. The van der Waals surface area contributed by atoms with Crippen LogP contribution in [0.3, 0.4) is 0 Å². The third-order valence-electron chi connectivity index (χ3n) is 2.94. The molecule has 0 aromatic rings. The first-order valence-electron chi connectivity index (χ1n) is 5.68. The number of nitrogens with one attached hydrogen (secondary N) is 1. The zero-order valence-corrected chi connectivity index (χ0v) is 9.96. The summed E-state index contributed by atoms with van der Waals surface area (Å²) in [6.45, 7) is 8.34. The molecule has 0 aliphatic carbocycles. The van der Waals surface area contributed by atoms with Crippen molar-refractivity contribution in [3.05, 3.63) is 0 Å². The number of rotatable bonds is 2. The Kier molecular flexibility index (Phi) is 3.58. The summed E-state index contributed by atoms with van der Waals surface area (Å²) in [4.78, 5) is 10.9. The van der Waals surface area contributed by atoms with Gasteiger partial charge in [-0.15, -0.1) is 0 Å². The monoisotopic (exact) mass is 238 g/mol. The van der Waals surface area contributed by atoms with Gasteiger partial charge in [-0.1, -0.05) is 6.92 Å². The molecule has 1 saturated heterocycles. The summed E-state index contributed by atoms with van der Waals surface area (Å²) in [6.07, 6.45) is -0.192. The first-order valence-corrected chi connectivity index (χ1v) is 5.68. The van der Waals surface area contributed by atoms with Crippen molar-refractivity contribution in [3.63, 3.8) is 0 Å². The predicted octanol–water partition coefficient (Wildman–Crippen LogP) is -0.787. The molecule has 0 aromatic carbocycles. The molecular formula is C10H18N6O. The Bertz CT molecular complexity index is 347. The van der Waals surface area contributed by atoms with Gasteiger partial charge < -0.3 is 15.4 Å². The Morgan fingerprint density at radius 1 is 1.53 bits per heavy atom. The molecular weight excluding hydrogens is 220 g/mol. The molecule has 2 aliphatic rings.